The van der Waals surface area contributed by atoms with Gasteiger partial charge in [-0.25, -0.2) is 0 Å². The number of aromatic hydroxyl groups is 4. The Kier molecular flexibility index (Phi) is 4.11. The topological polar surface area (TPSA) is 103 Å². The van der Waals surface area contributed by atoms with Crippen LogP contribution in [0.3, 0.4) is 0 Å². The molecule has 0 fully saturated rings. The molecule has 0 saturated heterocycles. The first-order valence-corrected chi connectivity index (χ1v) is 8.93. The van der Waals surface area contributed by atoms with Crippen molar-refractivity contribution in [1.29, 1.82) is 0 Å². The van der Waals surface area contributed by atoms with Crippen molar-refractivity contribution < 1.29 is 20.4 Å². The van der Waals surface area contributed by atoms with Crippen LogP contribution in [0.5, 0.6) is 23.0 Å². The fourth-order valence-corrected chi connectivity index (χ4v) is 3.75. The highest BCUT2D eigenvalue weighted by Gasteiger charge is 2.21. The third-order valence-electron chi connectivity index (χ3n) is 5.09. The summed E-state index contributed by atoms with van der Waals surface area (Å²) < 4.78 is 1.56. The summed E-state index contributed by atoms with van der Waals surface area (Å²) in [5.41, 5.74) is 0.982. The molecular weight excluding hydrogens is 358 g/mol. The lowest BCUT2D eigenvalue weighted by Gasteiger charge is -2.23. The molecule has 4 N–H and O–H groups in total. The number of rotatable bonds is 3. The molecule has 4 rings (SSSR count). The number of phenols is 4. The molecule has 1 unspecified atom stereocenters. The van der Waals surface area contributed by atoms with Crippen LogP contribution < -0.4 is 5.56 Å². The zero-order chi connectivity index (χ0) is 20.0. The van der Waals surface area contributed by atoms with Crippen molar-refractivity contribution >= 4 is 21.7 Å². The summed E-state index contributed by atoms with van der Waals surface area (Å²) in [6, 6.07) is 14.4. The van der Waals surface area contributed by atoms with Crippen LogP contribution in [-0.4, -0.2) is 25.0 Å². The Labute approximate surface area is 160 Å². The predicted molar refractivity (Wildman–Crippen MR) is 107 cm³/mol. The largest absolute Gasteiger partial charge is 0.504 e. The molecule has 0 spiro atoms. The molecule has 4 aromatic rings. The van der Waals surface area contributed by atoms with E-state index in [0.717, 1.165) is 5.56 Å². The van der Waals surface area contributed by atoms with Crippen LogP contribution in [0, 0.1) is 0 Å². The number of fused-ring (bicyclic) bond motifs is 3. The van der Waals surface area contributed by atoms with Crippen molar-refractivity contribution in [3.05, 3.63) is 70.5 Å². The van der Waals surface area contributed by atoms with E-state index in [1.807, 2.05) is 37.3 Å². The van der Waals surface area contributed by atoms with Crippen molar-refractivity contribution in [3.63, 3.8) is 0 Å². The molecule has 0 aliphatic carbocycles. The maximum atomic E-state index is 13.4. The quantitative estimate of drug-likeness (QED) is 0.319. The van der Waals surface area contributed by atoms with Gasteiger partial charge < -0.3 is 25.0 Å². The summed E-state index contributed by atoms with van der Waals surface area (Å²) >= 11 is 0. The molecule has 28 heavy (non-hydrogen) atoms. The molecule has 1 heterocycles. The van der Waals surface area contributed by atoms with Crippen LogP contribution in [0.15, 0.2) is 59.4 Å². The van der Waals surface area contributed by atoms with E-state index < -0.39 is 5.75 Å². The minimum atomic E-state index is -0.397. The molecule has 3 aromatic carbocycles. The van der Waals surface area contributed by atoms with E-state index in [1.54, 1.807) is 4.57 Å². The molecule has 6 nitrogen and oxygen atoms in total. The van der Waals surface area contributed by atoms with E-state index in [2.05, 4.69) is 0 Å². The first kappa shape index (κ1) is 17.7. The number of hydrogen-bond acceptors (Lipinski definition) is 5. The van der Waals surface area contributed by atoms with E-state index in [1.165, 1.54) is 24.3 Å². The average Bonchev–Trinajstić information content (AvgIpc) is 2.69. The molecule has 142 valence electrons. The smallest absolute Gasteiger partial charge is 0.259 e. The molecule has 0 radical (unpaired) electrons. The molecule has 0 bridgehead atoms. The Morgan fingerprint density at radius 2 is 1.32 bits per heavy atom. The van der Waals surface area contributed by atoms with Gasteiger partial charge in [-0.15, -0.1) is 0 Å². The maximum absolute atomic E-state index is 13.4. The summed E-state index contributed by atoms with van der Waals surface area (Å²) in [6.45, 7) is 1.95. The van der Waals surface area contributed by atoms with Crippen LogP contribution in [-0.2, 0) is 0 Å². The molecule has 6 heteroatoms. The van der Waals surface area contributed by atoms with Gasteiger partial charge in [-0.1, -0.05) is 37.3 Å². The molecule has 0 aliphatic heterocycles. The standard InChI is InChI=1S/C22H19NO5/c1-2-16(12-6-4-3-5-7-12)23-17-11-21(27)19(25)9-14(17)13-8-18(24)20(26)10-15(13)22(23)28/h3-11,16,24-27H,2H2,1H3. The zero-order valence-electron chi connectivity index (χ0n) is 15.1. The predicted octanol–water partition coefficient (Wildman–Crippen LogP) is 3.98. The third-order valence-corrected chi connectivity index (χ3v) is 5.09. The highest BCUT2D eigenvalue weighted by atomic mass is 16.3. The minimum Gasteiger partial charge on any atom is -0.504 e. The van der Waals surface area contributed by atoms with Gasteiger partial charge in [0.05, 0.1) is 16.9 Å². The molecule has 1 atom stereocenters. The van der Waals surface area contributed by atoms with Gasteiger partial charge in [-0.2, -0.15) is 0 Å². The van der Waals surface area contributed by atoms with Gasteiger partial charge in [0, 0.05) is 16.8 Å². The first-order valence-electron chi connectivity index (χ1n) is 8.93. The molecule has 0 amide bonds. The SMILES string of the molecule is CCC(c1ccccc1)n1c(=O)c2cc(O)c(O)cc2c2cc(O)c(O)cc21. The normalized spacial score (nSPS) is 12.5. The molecular formula is C22H19NO5. The van der Waals surface area contributed by atoms with Crippen LogP contribution in [0.1, 0.15) is 24.9 Å². The average molecular weight is 377 g/mol. The summed E-state index contributed by atoms with van der Waals surface area (Å²) in [6.07, 6.45) is 0.607. The third kappa shape index (κ3) is 2.62. The lowest BCUT2D eigenvalue weighted by atomic mass is 10.00. The summed E-state index contributed by atoms with van der Waals surface area (Å²) in [4.78, 5) is 13.4. The Morgan fingerprint density at radius 3 is 1.93 bits per heavy atom. The van der Waals surface area contributed by atoms with Gasteiger partial charge in [0.25, 0.3) is 5.56 Å². The van der Waals surface area contributed by atoms with Crippen LogP contribution in [0.25, 0.3) is 21.7 Å². The molecule has 1 aromatic heterocycles. The van der Waals surface area contributed by atoms with E-state index in [-0.39, 0.29) is 34.2 Å². The molecule has 0 aliphatic rings. The van der Waals surface area contributed by atoms with Gasteiger partial charge in [0.15, 0.2) is 23.0 Å². The monoisotopic (exact) mass is 377 g/mol. The lowest BCUT2D eigenvalue weighted by molar-refractivity contribution is 0.404. The number of pyridine rings is 1. The van der Waals surface area contributed by atoms with Crippen molar-refractivity contribution in [2.45, 2.75) is 19.4 Å². The second-order valence-electron chi connectivity index (χ2n) is 6.75. The highest BCUT2D eigenvalue weighted by Crippen LogP contribution is 2.38. The van der Waals surface area contributed by atoms with Gasteiger partial charge in [-0.05, 0) is 30.2 Å². The van der Waals surface area contributed by atoms with Crippen LogP contribution in [0.2, 0.25) is 0 Å². The first-order chi connectivity index (χ1) is 13.4. The van der Waals surface area contributed by atoms with Gasteiger partial charge in [0.2, 0.25) is 0 Å². The van der Waals surface area contributed by atoms with Crippen LogP contribution >= 0.6 is 0 Å². The van der Waals surface area contributed by atoms with E-state index in [9.17, 15) is 25.2 Å². The van der Waals surface area contributed by atoms with E-state index in [0.29, 0.717) is 22.7 Å². The van der Waals surface area contributed by atoms with Gasteiger partial charge >= 0.3 is 0 Å². The van der Waals surface area contributed by atoms with Crippen molar-refractivity contribution in [2.75, 3.05) is 0 Å². The summed E-state index contributed by atoms with van der Waals surface area (Å²) in [5.74, 6) is -1.44. The maximum Gasteiger partial charge on any atom is 0.259 e. The van der Waals surface area contributed by atoms with Crippen LogP contribution in [0.4, 0.5) is 0 Å². The highest BCUT2D eigenvalue weighted by molar-refractivity contribution is 6.07. The fourth-order valence-electron chi connectivity index (χ4n) is 3.75. The Hall–Kier alpha value is -3.67. The Morgan fingerprint density at radius 1 is 0.786 bits per heavy atom. The van der Waals surface area contributed by atoms with Crippen molar-refractivity contribution in [2.24, 2.45) is 0 Å². The lowest BCUT2D eigenvalue weighted by Crippen LogP contribution is -2.26. The number of aromatic nitrogens is 1. The summed E-state index contributed by atoms with van der Waals surface area (Å²) in [5, 5.41) is 41.0. The molecule has 0 saturated carbocycles. The van der Waals surface area contributed by atoms with Crippen molar-refractivity contribution in [1.82, 2.24) is 4.57 Å². The Bertz CT molecular complexity index is 1260. The van der Waals surface area contributed by atoms with Gasteiger partial charge in [-0.3, -0.25) is 4.79 Å². The Balaban J connectivity index is 2.21. The number of hydrogen-bond donors (Lipinski definition) is 4. The second kappa shape index (κ2) is 6.49. The van der Waals surface area contributed by atoms with E-state index >= 15 is 0 Å². The fraction of sp³-hybridized carbons (Fsp3) is 0.136. The minimum absolute atomic E-state index is 0.210. The number of nitrogens with zero attached hydrogens (tertiary/aromatic N) is 1. The van der Waals surface area contributed by atoms with Crippen molar-refractivity contribution in [3.8, 4) is 23.0 Å². The van der Waals surface area contributed by atoms with Gasteiger partial charge in [0.1, 0.15) is 0 Å². The number of phenolic OH excluding ortho intramolecular Hbond substituents is 4. The van der Waals surface area contributed by atoms with E-state index in [4.69, 9.17) is 0 Å². The second-order valence-corrected chi connectivity index (χ2v) is 6.75. The zero-order valence-corrected chi connectivity index (χ0v) is 15.1. The summed E-state index contributed by atoms with van der Waals surface area (Å²) in [7, 11) is 0. The number of benzene rings is 3.